The standard InChI is InChI=1S/C30H34F3N3O4S2/c1-18(2)24-15-23(9-10-26(24)40-19(3)29(38)39)41-17-27-25(16-35-11-13-36(14-12-35)20(4)37)34-28(42-27)21-5-7-22(8-6-21)30(31,32)33/h5-10,15,18-19H,11-14,16-17H2,1-4H3,(H,38,39). The molecule has 1 aromatic heterocycles. The molecular weight excluding hydrogens is 587 g/mol. The van der Waals surface area contributed by atoms with Crippen molar-refractivity contribution in [1.29, 1.82) is 0 Å². The number of ether oxygens (including phenoxy) is 1. The molecule has 0 spiro atoms. The molecule has 42 heavy (non-hydrogen) atoms. The van der Waals surface area contributed by atoms with Crippen LogP contribution >= 0.6 is 23.1 Å². The van der Waals surface area contributed by atoms with E-state index in [-0.39, 0.29) is 11.8 Å². The Hall–Kier alpha value is -3.09. The largest absolute Gasteiger partial charge is 0.479 e. The molecular formula is C30H34F3N3O4S2. The van der Waals surface area contributed by atoms with Gasteiger partial charge in [0.05, 0.1) is 11.3 Å². The SMILES string of the molecule is CC(=O)N1CCN(Cc2nc(-c3ccc(C(F)(F)F)cc3)sc2CSc2ccc(OC(C)C(=O)O)c(C(C)C)c2)CC1. The smallest absolute Gasteiger partial charge is 0.416 e. The maximum absolute atomic E-state index is 13.1. The van der Waals surface area contributed by atoms with Gasteiger partial charge < -0.3 is 14.7 Å². The number of piperazine rings is 1. The number of amides is 1. The number of carboxylic acids is 1. The van der Waals surface area contributed by atoms with Gasteiger partial charge in [0.25, 0.3) is 0 Å². The Bertz CT molecular complexity index is 1400. The molecule has 0 bridgehead atoms. The number of rotatable bonds is 10. The van der Waals surface area contributed by atoms with Crippen molar-refractivity contribution in [2.75, 3.05) is 26.2 Å². The monoisotopic (exact) mass is 621 g/mol. The number of thiazole rings is 1. The summed E-state index contributed by atoms with van der Waals surface area (Å²) in [5.74, 6) is 0.272. The van der Waals surface area contributed by atoms with E-state index in [4.69, 9.17) is 9.72 Å². The summed E-state index contributed by atoms with van der Waals surface area (Å²) in [4.78, 5) is 34.0. The van der Waals surface area contributed by atoms with Crippen molar-refractivity contribution in [3.05, 3.63) is 64.2 Å². The summed E-state index contributed by atoms with van der Waals surface area (Å²) in [5.41, 5.74) is 1.71. The minimum atomic E-state index is -4.41. The number of thioether (sulfide) groups is 1. The van der Waals surface area contributed by atoms with Gasteiger partial charge in [-0.15, -0.1) is 23.1 Å². The number of nitrogens with zero attached hydrogens (tertiary/aromatic N) is 3. The molecule has 0 saturated carbocycles. The van der Waals surface area contributed by atoms with E-state index in [1.165, 1.54) is 30.4 Å². The fourth-order valence-corrected chi connectivity index (χ4v) is 6.66. The Kier molecular flexibility index (Phi) is 10.2. The van der Waals surface area contributed by atoms with Crippen LogP contribution in [0.15, 0.2) is 47.4 Å². The average molecular weight is 622 g/mol. The molecule has 1 amide bonds. The number of aliphatic carboxylic acids is 1. The zero-order chi connectivity index (χ0) is 30.6. The first-order valence-corrected chi connectivity index (χ1v) is 15.4. The third-order valence-electron chi connectivity index (χ3n) is 7.05. The van der Waals surface area contributed by atoms with Gasteiger partial charge in [-0.05, 0) is 48.7 Å². The van der Waals surface area contributed by atoms with E-state index in [9.17, 15) is 27.9 Å². The Balaban J connectivity index is 1.56. The predicted molar refractivity (Wildman–Crippen MR) is 158 cm³/mol. The van der Waals surface area contributed by atoms with Gasteiger partial charge in [0, 0.05) is 60.7 Å². The van der Waals surface area contributed by atoms with Gasteiger partial charge in [0.2, 0.25) is 5.91 Å². The van der Waals surface area contributed by atoms with Crippen LogP contribution in [0.3, 0.4) is 0 Å². The van der Waals surface area contributed by atoms with Crippen molar-refractivity contribution in [2.45, 2.75) is 63.1 Å². The second-order valence-corrected chi connectivity index (χ2v) is 12.6. The number of carbonyl (C=O) groups excluding carboxylic acids is 1. The number of halogens is 3. The third-order valence-corrected chi connectivity index (χ3v) is 9.40. The number of hydrogen-bond donors (Lipinski definition) is 1. The first-order chi connectivity index (χ1) is 19.8. The molecule has 0 aliphatic carbocycles. The molecule has 3 aromatic rings. The molecule has 226 valence electrons. The zero-order valence-electron chi connectivity index (χ0n) is 23.9. The molecule has 7 nitrogen and oxygen atoms in total. The highest BCUT2D eigenvalue weighted by Gasteiger charge is 2.30. The minimum Gasteiger partial charge on any atom is -0.479 e. The highest BCUT2D eigenvalue weighted by atomic mass is 32.2. The van der Waals surface area contributed by atoms with Crippen LogP contribution in [0.1, 0.15) is 55.3 Å². The lowest BCUT2D eigenvalue weighted by Crippen LogP contribution is -2.47. The van der Waals surface area contributed by atoms with Gasteiger partial charge in [0.1, 0.15) is 10.8 Å². The maximum Gasteiger partial charge on any atom is 0.416 e. The maximum atomic E-state index is 13.1. The molecule has 0 radical (unpaired) electrons. The van der Waals surface area contributed by atoms with E-state index in [1.54, 1.807) is 24.8 Å². The van der Waals surface area contributed by atoms with Gasteiger partial charge in [-0.25, -0.2) is 9.78 Å². The fraction of sp³-hybridized carbons (Fsp3) is 0.433. The van der Waals surface area contributed by atoms with E-state index in [0.717, 1.165) is 33.2 Å². The van der Waals surface area contributed by atoms with Crippen molar-refractivity contribution in [2.24, 2.45) is 0 Å². The molecule has 1 atom stereocenters. The second-order valence-electron chi connectivity index (χ2n) is 10.5. The van der Waals surface area contributed by atoms with E-state index in [1.807, 2.05) is 30.9 Å². The van der Waals surface area contributed by atoms with E-state index < -0.39 is 23.8 Å². The number of carbonyl (C=O) groups is 2. The van der Waals surface area contributed by atoms with Crippen LogP contribution in [0, 0.1) is 0 Å². The van der Waals surface area contributed by atoms with Gasteiger partial charge >= 0.3 is 12.1 Å². The Morgan fingerprint density at radius 1 is 1.07 bits per heavy atom. The van der Waals surface area contributed by atoms with Crippen molar-refractivity contribution in [1.82, 2.24) is 14.8 Å². The molecule has 2 aromatic carbocycles. The van der Waals surface area contributed by atoms with Gasteiger partial charge in [-0.2, -0.15) is 13.2 Å². The highest BCUT2D eigenvalue weighted by Crippen LogP contribution is 2.37. The predicted octanol–water partition coefficient (Wildman–Crippen LogP) is 6.76. The number of alkyl halides is 3. The van der Waals surface area contributed by atoms with Crippen molar-refractivity contribution >= 4 is 35.0 Å². The van der Waals surface area contributed by atoms with E-state index >= 15 is 0 Å². The van der Waals surface area contributed by atoms with E-state index in [0.29, 0.717) is 54.8 Å². The van der Waals surface area contributed by atoms with Gasteiger partial charge in [-0.3, -0.25) is 9.69 Å². The summed E-state index contributed by atoms with van der Waals surface area (Å²) in [5, 5.41) is 9.91. The normalized spacial score (nSPS) is 15.2. The summed E-state index contributed by atoms with van der Waals surface area (Å²) in [7, 11) is 0. The first-order valence-electron chi connectivity index (χ1n) is 13.6. The van der Waals surface area contributed by atoms with Crippen LogP contribution in [0.25, 0.3) is 10.6 Å². The Labute approximate surface area is 251 Å². The molecule has 1 N–H and O–H groups in total. The Morgan fingerprint density at radius 2 is 1.74 bits per heavy atom. The number of aromatic nitrogens is 1. The molecule has 4 rings (SSSR count). The lowest BCUT2D eigenvalue weighted by atomic mass is 10.0. The number of carboxylic acid groups (broad SMARTS) is 1. The molecule has 12 heteroatoms. The van der Waals surface area contributed by atoms with Crippen molar-refractivity contribution in [3.63, 3.8) is 0 Å². The second kappa shape index (κ2) is 13.5. The molecule has 2 heterocycles. The highest BCUT2D eigenvalue weighted by molar-refractivity contribution is 7.98. The molecule has 1 fully saturated rings. The van der Waals surface area contributed by atoms with Gasteiger partial charge in [0.15, 0.2) is 6.10 Å². The summed E-state index contributed by atoms with van der Waals surface area (Å²) in [6.45, 7) is 10.4. The summed E-state index contributed by atoms with van der Waals surface area (Å²) < 4.78 is 45.0. The van der Waals surface area contributed by atoms with Gasteiger partial charge in [-0.1, -0.05) is 26.0 Å². The van der Waals surface area contributed by atoms with Crippen LogP contribution in [-0.2, 0) is 28.1 Å². The van der Waals surface area contributed by atoms with Crippen LogP contribution in [0.4, 0.5) is 13.2 Å². The molecule has 1 saturated heterocycles. The van der Waals surface area contributed by atoms with E-state index in [2.05, 4.69) is 4.90 Å². The first kappa shape index (κ1) is 31.8. The molecule has 1 unspecified atom stereocenters. The lowest BCUT2D eigenvalue weighted by molar-refractivity contribution is -0.144. The third kappa shape index (κ3) is 8.05. The average Bonchev–Trinajstić information content (AvgIpc) is 3.34. The number of benzene rings is 2. The van der Waals surface area contributed by atoms with Crippen molar-refractivity contribution in [3.8, 4) is 16.3 Å². The summed E-state index contributed by atoms with van der Waals surface area (Å²) in [6, 6.07) is 10.8. The fourth-order valence-electron chi connectivity index (χ4n) is 4.54. The lowest BCUT2D eigenvalue weighted by Gasteiger charge is -2.33. The van der Waals surface area contributed by atoms with Crippen LogP contribution in [0.5, 0.6) is 5.75 Å². The quantitative estimate of drug-likeness (QED) is 0.251. The van der Waals surface area contributed by atoms with Crippen LogP contribution in [-0.4, -0.2) is 64.0 Å². The molecule has 1 aliphatic heterocycles. The summed E-state index contributed by atoms with van der Waals surface area (Å²) in [6.07, 6.45) is -5.38. The summed E-state index contributed by atoms with van der Waals surface area (Å²) >= 11 is 3.08. The van der Waals surface area contributed by atoms with Crippen molar-refractivity contribution < 1.29 is 32.6 Å². The topological polar surface area (TPSA) is 83.0 Å². The molecule has 1 aliphatic rings. The minimum absolute atomic E-state index is 0.0552. The van der Waals surface area contributed by atoms with Crippen LogP contribution < -0.4 is 4.74 Å². The Morgan fingerprint density at radius 3 is 2.31 bits per heavy atom. The zero-order valence-corrected chi connectivity index (χ0v) is 25.5. The number of hydrogen-bond acceptors (Lipinski definition) is 7. The van der Waals surface area contributed by atoms with Crippen LogP contribution in [0.2, 0.25) is 0 Å².